The van der Waals surface area contributed by atoms with Gasteiger partial charge in [-0.25, -0.2) is 19.2 Å². The lowest BCUT2D eigenvalue weighted by atomic mass is 10.1. The van der Waals surface area contributed by atoms with Crippen LogP contribution in [-0.2, 0) is 9.59 Å². The number of hydrogen-bond acceptors (Lipinski definition) is 6. The number of anilines is 1. The molecular weight excluding hydrogens is 410 g/mol. The third-order valence-corrected chi connectivity index (χ3v) is 3.46. The summed E-state index contributed by atoms with van der Waals surface area (Å²) in [5.41, 5.74) is 2.14. The zero-order chi connectivity index (χ0) is 23.4. The molecule has 0 saturated heterocycles. The second-order valence-electron chi connectivity index (χ2n) is 5.58. The zero-order valence-corrected chi connectivity index (χ0v) is 16.1. The van der Waals surface area contributed by atoms with Crippen LogP contribution in [-0.4, -0.2) is 61.5 Å². The Morgan fingerprint density at radius 3 is 1.68 bits per heavy atom. The summed E-state index contributed by atoms with van der Waals surface area (Å²) >= 11 is 0. The first-order valence-electron chi connectivity index (χ1n) is 8.47. The highest BCUT2D eigenvalue weighted by Gasteiger charge is 2.07. The smallest absolute Gasteiger partial charge is 0.414 e. The average Bonchev–Trinajstić information content (AvgIpc) is 3.24. The molecule has 31 heavy (non-hydrogen) atoms. The summed E-state index contributed by atoms with van der Waals surface area (Å²) in [4.78, 5) is 39.0. The number of carboxylic acids is 4. The van der Waals surface area contributed by atoms with E-state index in [1.54, 1.807) is 0 Å². The Balaban J connectivity index is 0.000000249. The van der Waals surface area contributed by atoms with Gasteiger partial charge < -0.3 is 25.7 Å². The van der Waals surface area contributed by atoms with Crippen LogP contribution in [0.5, 0.6) is 0 Å². The van der Waals surface area contributed by atoms with Crippen molar-refractivity contribution in [2.45, 2.75) is 0 Å². The van der Waals surface area contributed by atoms with Gasteiger partial charge in [0.1, 0.15) is 5.82 Å². The highest BCUT2D eigenvalue weighted by molar-refractivity contribution is 6.27. The van der Waals surface area contributed by atoms with Gasteiger partial charge in [0.25, 0.3) is 0 Å². The lowest BCUT2D eigenvalue weighted by Crippen LogP contribution is -2.09. The van der Waals surface area contributed by atoms with Gasteiger partial charge in [0, 0.05) is 13.1 Å². The highest BCUT2D eigenvalue weighted by Crippen LogP contribution is 2.18. The number of H-pyrrole nitrogens is 1. The molecule has 0 bridgehead atoms. The minimum absolute atomic E-state index is 0.0186. The van der Waals surface area contributed by atoms with Crippen molar-refractivity contribution in [2.75, 3.05) is 12.4 Å². The van der Waals surface area contributed by atoms with E-state index in [4.69, 9.17) is 30.0 Å². The van der Waals surface area contributed by atoms with Gasteiger partial charge in [0.05, 0.1) is 16.8 Å². The summed E-state index contributed by atoms with van der Waals surface area (Å²) in [5.74, 6) is -5.04. The van der Waals surface area contributed by atoms with Crippen molar-refractivity contribution >= 4 is 29.7 Å². The molecule has 0 spiro atoms. The monoisotopic (exact) mass is 429 g/mol. The number of carbonyl (C=O) groups is 4. The lowest BCUT2D eigenvalue weighted by molar-refractivity contribution is -0.159. The number of carboxylic acid groups (broad SMARTS) is 4. The second kappa shape index (κ2) is 12.0. The van der Waals surface area contributed by atoms with E-state index in [1.165, 1.54) is 18.2 Å². The maximum atomic E-state index is 10.4. The van der Waals surface area contributed by atoms with Crippen LogP contribution in [0.2, 0.25) is 0 Å². The third kappa shape index (κ3) is 8.48. The molecule has 1 aromatic heterocycles. The number of rotatable bonds is 4. The molecule has 6 N–H and O–H groups in total. The zero-order valence-electron chi connectivity index (χ0n) is 16.1. The molecule has 2 aromatic carbocycles. The molecule has 0 aliphatic heterocycles. The van der Waals surface area contributed by atoms with Crippen LogP contribution in [0.1, 0.15) is 20.7 Å². The summed E-state index contributed by atoms with van der Waals surface area (Å²) in [5, 5.41) is 41.8. The summed E-state index contributed by atoms with van der Waals surface area (Å²) in [6.45, 7) is 0. The van der Waals surface area contributed by atoms with Crippen molar-refractivity contribution in [3.63, 3.8) is 0 Å². The number of hydrogen-bond donors (Lipinski definition) is 6. The van der Waals surface area contributed by atoms with Crippen LogP contribution >= 0.6 is 0 Å². The average molecular weight is 429 g/mol. The Bertz CT molecular complexity index is 1010. The molecule has 162 valence electrons. The van der Waals surface area contributed by atoms with Gasteiger partial charge in [-0.15, -0.1) is 0 Å². The molecule has 11 nitrogen and oxygen atoms in total. The molecule has 3 rings (SSSR count). The van der Waals surface area contributed by atoms with E-state index in [1.807, 2.05) is 43.4 Å². The Morgan fingerprint density at radius 1 is 0.774 bits per heavy atom. The Morgan fingerprint density at radius 2 is 1.29 bits per heavy atom. The van der Waals surface area contributed by atoms with E-state index in [0.717, 1.165) is 23.1 Å². The fourth-order valence-electron chi connectivity index (χ4n) is 2.00. The molecule has 0 atom stereocenters. The van der Waals surface area contributed by atoms with E-state index in [-0.39, 0.29) is 11.1 Å². The molecule has 0 aliphatic rings. The number of nitrogens with one attached hydrogen (secondary N) is 2. The Kier molecular flexibility index (Phi) is 9.44. The molecule has 0 unspecified atom stereocenters. The Labute approximate surface area is 175 Å². The molecule has 1 heterocycles. The van der Waals surface area contributed by atoms with Crippen molar-refractivity contribution in [2.24, 2.45) is 0 Å². The van der Waals surface area contributed by atoms with Crippen LogP contribution in [0.15, 0.2) is 60.7 Å². The Hall–Kier alpha value is -4.67. The van der Waals surface area contributed by atoms with E-state index in [2.05, 4.69) is 15.5 Å². The molecular formula is C20H19N3O8. The van der Waals surface area contributed by atoms with Crippen molar-refractivity contribution in [1.82, 2.24) is 10.2 Å². The van der Waals surface area contributed by atoms with Crippen LogP contribution in [0.4, 0.5) is 5.82 Å². The van der Waals surface area contributed by atoms with Gasteiger partial charge >= 0.3 is 23.9 Å². The van der Waals surface area contributed by atoms with Gasteiger partial charge in [-0.05, 0) is 23.8 Å². The maximum Gasteiger partial charge on any atom is 0.414 e. The first-order valence-corrected chi connectivity index (χ1v) is 8.47. The van der Waals surface area contributed by atoms with E-state index in [0.29, 0.717) is 0 Å². The van der Waals surface area contributed by atoms with Crippen molar-refractivity contribution in [3.05, 3.63) is 71.8 Å². The third-order valence-electron chi connectivity index (χ3n) is 3.46. The second-order valence-corrected chi connectivity index (χ2v) is 5.58. The fraction of sp³-hybridized carbons (Fsp3) is 0.0500. The standard InChI is InChI=1S/C10H11N3.C8H6O4.C2H2O4/c1-11-10-7-9(12-13-10)8-5-3-2-4-6-8;9-7(10)5-2-1-3-6(4-5)8(11)12;3-1(4)2(5)6/h2-7H,1H3,(H2,11,12,13);1-4H,(H,9,10)(H,11,12);(H,3,4)(H,5,6). The quantitative estimate of drug-likeness (QED) is 0.336. The predicted octanol–water partition coefficient (Wildman–Crippen LogP) is 2.36. The van der Waals surface area contributed by atoms with Crippen LogP contribution < -0.4 is 5.32 Å². The summed E-state index contributed by atoms with van der Waals surface area (Å²) in [6.07, 6.45) is 0. The number of nitrogens with zero attached hydrogens (tertiary/aromatic N) is 1. The van der Waals surface area contributed by atoms with Gasteiger partial charge in [0.15, 0.2) is 0 Å². The SMILES string of the molecule is CNc1cc(-c2ccccc2)[nH]n1.O=C(O)C(=O)O.O=C(O)c1cccc(C(=O)O)c1. The number of aliphatic carboxylic acids is 2. The number of aromatic amines is 1. The molecule has 11 heteroatoms. The van der Waals surface area contributed by atoms with Crippen LogP contribution in [0.3, 0.4) is 0 Å². The van der Waals surface area contributed by atoms with Crippen LogP contribution in [0.25, 0.3) is 11.3 Å². The molecule has 0 aliphatic carbocycles. The summed E-state index contributed by atoms with van der Waals surface area (Å²) in [6, 6.07) is 17.3. The fourth-order valence-corrected chi connectivity index (χ4v) is 2.00. The van der Waals surface area contributed by atoms with E-state index >= 15 is 0 Å². The van der Waals surface area contributed by atoms with Gasteiger partial charge in [-0.2, -0.15) is 5.10 Å². The highest BCUT2D eigenvalue weighted by atomic mass is 16.4. The maximum absolute atomic E-state index is 10.4. The van der Waals surface area contributed by atoms with E-state index < -0.39 is 23.9 Å². The minimum Gasteiger partial charge on any atom is -0.478 e. The topological polar surface area (TPSA) is 190 Å². The minimum atomic E-state index is -1.82. The molecule has 0 saturated carbocycles. The van der Waals surface area contributed by atoms with Crippen molar-refractivity contribution in [3.8, 4) is 11.3 Å². The summed E-state index contributed by atoms with van der Waals surface area (Å²) < 4.78 is 0. The van der Waals surface area contributed by atoms with Crippen molar-refractivity contribution in [1.29, 1.82) is 0 Å². The van der Waals surface area contributed by atoms with E-state index in [9.17, 15) is 9.59 Å². The van der Waals surface area contributed by atoms with Crippen molar-refractivity contribution < 1.29 is 39.6 Å². The molecule has 0 fully saturated rings. The number of benzene rings is 2. The number of aromatic carboxylic acids is 2. The first kappa shape index (κ1) is 24.4. The molecule has 0 radical (unpaired) electrons. The first-order chi connectivity index (χ1) is 14.6. The van der Waals surface area contributed by atoms with Gasteiger partial charge in [0.2, 0.25) is 0 Å². The largest absolute Gasteiger partial charge is 0.478 e. The summed E-state index contributed by atoms with van der Waals surface area (Å²) in [7, 11) is 1.85. The number of aromatic nitrogens is 2. The van der Waals surface area contributed by atoms with Gasteiger partial charge in [-0.3, -0.25) is 5.10 Å². The lowest BCUT2D eigenvalue weighted by Gasteiger charge is -1.95. The predicted molar refractivity (Wildman–Crippen MR) is 109 cm³/mol. The molecule has 0 amide bonds. The van der Waals surface area contributed by atoms with Gasteiger partial charge in [-0.1, -0.05) is 36.4 Å². The normalized spacial score (nSPS) is 9.19. The van der Waals surface area contributed by atoms with Crippen LogP contribution in [0, 0.1) is 0 Å². The molecule has 3 aromatic rings.